The number of benzene rings is 1. The Hall–Kier alpha value is -1.28. The zero-order chi connectivity index (χ0) is 14.0. The quantitative estimate of drug-likeness (QED) is 0.831. The molecule has 102 valence electrons. The first-order chi connectivity index (χ1) is 8.81. The lowest BCUT2D eigenvalue weighted by Crippen LogP contribution is -2.03. The Morgan fingerprint density at radius 3 is 2.33 bits per heavy atom. The van der Waals surface area contributed by atoms with Crippen LogP contribution in [0.2, 0.25) is 0 Å². The lowest BCUT2D eigenvalue weighted by molar-refractivity contribution is 0.237. The van der Waals surface area contributed by atoms with Crippen LogP contribution in [0.4, 0.5) is 0 Å². The van der Waals surface area contributed by atoms with Gasteiger partial charge in [0, 0.05) is 23.7 Å². The largest absolute Gasteiger partial charge is 0.396 e. The first-order valence-corrected chi connectivity index (χ1v) is 6.97. The van der Waals surface area contributed by atoms with Crippen LogP contribution < -0.4 is 0 Å². The summed E-state index contributed by atoms with van der Waals surface area (Å²) < 4.78 is 0. The molecule has 2 rings (SSSR count). The molecular formula is C16H27NO. The zero-order valence-electron chi connectivity index (χ0n) is 12.3. The molecule has 18 heavy (non-hydrogen) atoms. The number of H-pyrrole nitrogens is 1. The molecule has 0 saturated heterocycles. The van der Waals surface area contributed by atoms with Crippen molar-refractivity contribution in [3.05, 3.63) is 36.0 Å². The Labute approximate surface area is 111 Å². The summed E-state index contributed by atoms with van der Waals surface area (Å²) in [6.45, 7) is 10.3. The van der Waals surface area contributed by atoms with Gasteiger partial charge in [-0.15, -0.1) is 0 Å². The van der Waals surface area contributed by atoms with Crippen molar-refractivity contribution in [1.82, 2.24) is 4.98 Å². The molecule has 1 aromatic carbocycles. The van der Waals surface area contributed by atoms with Gasteiger partial charge in [0.25, 0.3) is 0 Å². The highest BCUT2D eigenvalue weighted by Gasteiger charge is 2.06. The summed E-state index contributed by atoms with van der Waals surface area (Å²) in [6.07, 6.45) is 2.97. The van der Waals surface area contributed by atoms with Gasteiger partial charge in [-0.05, 0) is 24.0 Å². The van der Waals surface area contributed by atoms with Crippen LogP contribution in [0.3, 0.4) is 0 Å². The highest BCUT2D eigenvalue weighted by atomic mass is 16.3. The van der Waals surface area contributed by atoms with Crippen LogP contribution in [0, 0.1) is 5.92 Å². The average molecular weight is 249 g/mol. The van der Waals surface area contributed by atoms with Crippen molar-refractivity contribution < 1.29 is 5.11 Å². The maximum Gasteiger partial charge on any atom is 0.0459 e. The van der Waals surface area contributed by atoms with E-state index in [4.69, 9.17) is 5.11 Å². The summed E-state index contributed by atoms with van der Waals surface area (Å²) in [7, 11) is 0. The predicted octanol–water partition coefficient (Wildman–Crippen LogP) is 4.39. The number of rotatable bonds is 3. The van der Waals surface area contributed by atoms with Gasteiger partial charge in [0.2, 0.25) is 0 Å². The predicted molar refractivity (Wildman–Crippen MR) is 80.9 cm³/mol. The summed E-state index contributed by atoms with van der Waals surface area (Å²) in [5.41, 5.74) is 2.47. The van der Waals surface area contributed by atoms with Crippen LogP contribution in [-0.2, 0) is 6.42 Å². The van der Waals surface area contributed by atoms with Gasteiger partial charge in [0.15, 0.2) is 0 Å². The molecule has 1 heterocycles. The second-order valence-corrected chi connectivity index (χ2v) is 3.85. The monoisotopic (exact) mass is 249 g/mol. The van der Waals surface area contributed by atoms with Crippen LogP contribution in [0.15, 0.2) is 30.5 Å². The van der Waals surface area contributed by atoms with Crippen molar-refractivity contribution in [2.75, 3.05) is 6.61 Å². The molecular weight excluding hydrogens is 222 g/mol. The van der Waals surface area contributed by atoms with Crippen molar-refractivity contribution in [3.63, 3.8) is 0 Å². The van der Waals surface area contributed by atoms with Crippen LogP contribution in [0.25, 0.3) is 10.9 Å². The number of nitrogens with one attached hydrogen (secondary N) is 1. The van der Waals surface area contributed by atoms with Crippen molar-refractivity contribution >= 4 is 10.9 Å². The van der Waals surface area contributed by atoms with Gasteiger partial charge in [0.1, 0.15) is 0 Å². The third-order valence-corrected chi connectivity index (χ3v) is 2.55. The summed E-state index contributed by atoms with van der Waals surface area (Å²) in [6, 6.07) is 8.26. The van der Waals surface area contributed by atoms with Crippen molar-refractivity contribution in [3.8, 4) is 0 Å². The molecule has 0 aliphatic heterocycles. The fourth-order valence-corrected chi connectivity index (χ4v) is 1.74. The minimum atomic E-state index is 0.250. The Morgan fingerprint density at radius 1 is 1.11 bits per heavy atom. The van der Waals surface area contributed by atoms with Crippen LogP contribution in [0.1, 0.15) is 40.2 Å². The van der Waals surface area contributed by atoms with Gasteiger partial charge in [-0.1, -0.05) is 52.8 Å². The van der Waals surface area contributed by atoms with Gasteiger partial charge in [-0.3, -0.25) is 0 Å². The molecule has 0 fully saturated rings. The van der Waals surface area contributed by atoms with E-state index in [1.165, 1.54) is 16.5 Å². The van der Waals surface area contributed by atoms with E-state index in [1.54, 1.807) is 0 Å². The molecule has 1 unspecified atom stereocenters. The standard InChI is InChI=1S/C12H15NO.2C2H6/c1-9(8-14)6-10-7-13-12-5-3-2-4-11(10)12;2*1-2/h2-5,7,9,13-14H,6,8H2,1H3;2*1-2H3. The second kappa shape index (κ2) is 9.72. The van der Waals surface area contributed by atoms with Gasteiger partial charge in [0.05, 0.1) is 0 Å². The lowest BCUT2D eigenvalue weighted by Gasteiger charge is -2.05. The summed E-state index contributed by atoms with van der Waals surface area (Å²) in [4.78, 5) is 3.24. The van der Waals surface area contributed by atoms with E-state index >= 15 is 0 Å². The van der Waals surface area contributed by atoms with E-state index < -0.39 is 0 Å². The normalized spacial score (nSPS) is 11.0. The van der Waals surface area contributed by atoms with Gasteiger partial charge < -0.3 is 10.1 Å². The Bertz CT molecular complexity index is 420. The number of aromatic nitrogens is 1. The number of aliphatic hydroxyl groups is 1. The minimum absolute atomic E-state index is 0.250. The molecule has 1 atom stereocenters. The number of hydrogen-bond acceptors (Lipinski definition) is 1. The van der Waals surface area contributed by atoms with E-state index in [0.29, 0.717) is 5.92 Å². The number of fused-ring (bicyclic) bond motifs is 1. The van der Waals surface area contributed by atoms with E-state index in [9.17, 15) is 0 Å². The lowest BCUT2D eigenvalue weighted by atomic mass is 10.0. The summed E-state index contributed by atoms with van der Waals surface area (Å²) in [5.74, 6) is 0.328. The molecule has 0 aliphatic rings. The smallest absolute Gasteiger partial charge is 0.0459 e. The molecule has 2 nitrogen and oxygen atoms in total. The number of hydrogen-bond donors (Lipinski definition) is 2. The zero-order valence-corrected chi connectivity index (χ0v) is 12.3. The summed E-state index contributed by atoms with van der Waals surface area (Å²) >= 11 is 0. The van der Waals surface area contributed by atoms with Crippen molar-refractivity contribution in [1.29, 1.82) is 0 Å². The number of para-hydroxylation sites is 1. The highest BCUT2D eigenvalue weighted by molar-refractivity contribution is 5.83. The number of aromatic amines is 1. The average Bonchev–Trinajstić information content (AvgIpc) is 2.86. The highest BCUT2D eigenvalue weighted by Crippen LogP contribution is 2.20. The van der Waals surface area contributed by atoms with E-state index in [-0.39, 0.29) is 6.61 Å². The molecule has 0 aliphatic carbocycles. The van der Waals surface area contributed by atoms with Crippen LogP contribution in [-0.4, -0.2) is 16.7 Å². The van der Waals surface area contributed by atoms with Crippen LogP contribution in [0.5, 0.6) is 0 Å². The minimum Gasteiger partial charge on any atom is -0.396 e. The third kappa shape index (κ3) is 4.53. The summed E-state index contributed by atoms with van der Waals surface area (Å²) in [5, 5.41) is 10.3. The van der Waals surface area contributed by atoms with E-state index in [1.807, 2.05) is 46.0 Å². The molecule has 0 spiro atoms. The van der Waals surface area contributed by atoms with E-state index in [2.05, 4.69) is 24.0 Å². The third-order valence-electron chi connectivity index (χ3n) is 2.55. The number of aliphatic hydroxyl groups excluding tert-OH is 1. The second-order valence-electron chi connectivity index (χ2n) is 3.85. The molecule has 0 bridgehead atoms. The molecule has 2 heteroatoms. The topological polar surface area (TPSA) is 36.0 Å². The molecule has 1 aromatic heterocycles. The fraction of sp³-hybridized carbons (Fsp3) is 0.500. The molecule has 0 radical (unpaired) electrons. The van der Waals surface area contributed by atoms with Crippen molar-refractivity contribution in [2.45, 2.75) is 41.0 Å². The molecule has 2 N–H and O–H groups in total. The van der Waals surface area contributed by atoms with Crippen molar-refractivity contribution in [2.24, 2.45) is 5.92 Å². The Kier molecular flexibility index (Phi) is 9.03. The molecule has 0 amide bonds. The maximum absolute atomic E-state index is 9.00. The fourth-order valence-electron chi connectivity index (χ4n) is 1.74. The first kappa shape index (κ1) is 16.7. The van der Waals surface area contributed by atoms with Crippen LogP contribution >= 0.6 is 0 Å². The Morgan fingerprint density at radius 2 is 1.72 bits per heavy atom. The molecule has 2 aromatic rings. The Balaban J connectivity index is 0.000000659. The van der Waals surface area contributed by atoms with Gasteiger partial charge in [-0.25, -0.2) is 0 Å². The van der Waals surface area contributed by atoms with Gasteiger partial charge >= 0.3 is 0 Å². The molecule has 0 saturated carbocycles. The maximum atomic E-state index is 9.00. The van der Waals surface area contributed by atoms with Gasteiger partial charge in [-0.2, -0.15) is 0 Å². The van der Waals surface area contributed by atoms with E-state index in [0.717, 1.165) is 6.42 Å². The first-order valence-electron chi connectivity index (χ1n) is 6.97. The SMILES string of the molecule is CC.CC.CC(CO)Cc1c[nH]c2ccccc12.